The lowest BCUT2D eigenvalue weighted by molar-refractivity contribution is -0.136. The van der Waals surface area contributed by atoms with Crippen LogP contribution in [0.5, 0.6) is 0 Å². The fourth-order valence-corrected chi connectivity index (χ4v) is 2.53. The number of carboxylic acids is 1. The second kappa shape index (κ2) is 6.41. The number of aliphatic hydroxyl groups is 1. The van der Waals surface area contributed by atoms with Crippen LogP contribution in [0.2, 0.25) is 0 Å². The third-order valence-electron chi connectivity index (χ3n) is 3.67. The highest BCUT2D eigenvalue weighted by atomic mass is 16.4. The van der Waals surface area contributed by atoms with E-state index < -0.39 is 11.4 Å². The summed E-state index contributed by atoms with van der Waals surface area (Å²) in [6.45, 7) is 0. The fourth-order valence-electron chi connectivity index (χ4n) is 2.53. The normalized spacial score (nSPS) is 12.0. The molecule has 0 atom stereocenters. The summed E-state index contributed by atoms with van der Waals surface area (Å²) in [5, 5.41) is 31.9. The van der Waals surface area contributed by atoms with Crippen LogP contribution < -0.4 is 10.6 Å². The van der Waals surface area contributed by atoms with Crippen molar-refractivity contribution in [2.24, 2.45) is 0 Å². The van der Waals surface area contributed by atoms with Crippen molar-refractivity contribution in [3.8, 4) is 17.3 Å². The Bertz CT molecular complexity index is 1130. The highest BCUT2D eigenvalue weighted by molar-refractivity contribution is 5.69. The number of aliphatic carboxylic acids is 1. The molecule has 0 bridgehead atoms. The second-order valence-electron chi connectivity index (χ2n) is 5.30. The average Bonchev–Trinajstić information content (AvgIpc) is 3.08. The van der Waals surface area contributed by atoms with Crippen LogP contribution >= 0.6 is 0 Å². The number of carboxylic acid groups (broad SMARTS) is 1. The minimum absolute atomic E-state index is 0.0704. The molecule has 8 nitrogen and oxygen atoms in total. The number of benzene rings is 1. The Labute approximate surface area is 140 Å². The number of rotatable bonds is 4. The summed E-state index contributed by atoms with van der Waals surface area (Å²) in [4.78, 5) is 27.2. The zero-order chi connectivity index (χ0) is 18.0. The van der Waals surface area contributed by atoms with Gasteiger partial charge in [0.05, 0.1) is 23.7 Å². The van der Waals surface area contributed by atoms with Gasteiger partial charge >= 0.3 is 5.97 Å². The number of carbonyl (C=O) groups is 1. The molecule has 0 saturated heterocycles. The van der Waals surface area contributed by atoms with Crippen molar-refractivity contribution >= 4 is 17.4 Å². The van der Waals surface area contributed by atoms with Gasteiger partial charge in [0, 0.05) is 18.1 Å². The average molecular weight is 336 g/mol. The van der Waals surface area contributed by atoms with E-state index >= 15 is 0 Å². The summed E-state index contributed by atoms with van der Waals surface area (Å²) in [7, 11) is 0. The van der Waals surface area contributed by atoms with Crippen LogP contribution in [0.25, 0.3) is 22.7 Å². The number of aliphatic hydroxyl groups excluding tert-OH is 1. The molecule has 2 N–H and O–H groups in total. The van der Waals surface area contributed by atoms with Crippen molar-refractivity contribution in [2.45, 2.75) is 12.8 Å². The van der Waals surface area contributed by atoms with E-state index in [-0.39, 0.29) is 29.5 Å². The van der Waals surface area contributed by atoms with Crippen molar-refractivity contribution in [1.29, 1.82) is 5.26 Å². The van der Waals surface area contributed by atoms with E-state index in [1.54, 1.807) is 24.3 Å². The Hall–Kier alpha value is -3.73. The van der Waals surface area contributed by atoms with E-state index in [9.17, 15) is 14.7 Å². The van der Waals surface area contributed by atoms with Gasteiger partial charge in [-0.15, -0.1) is 0 Å². The molecule has 0 spiro atoms. The number of nitriles is 1. The first-order valence-electron chi connectivity index (χ1n) is 7.32. The molecule has 3 rings (SSSR count). The number of pyridine rings is 1. The van der Waals surface area contributed by atoms with Crippen molar-refractivity contribution in [2.75, 3.05) is 0 Å². The van der Waals surface area contributed by atoms with Gasteiger partial charge in [-0.05, 0) is 12.1 Å². The summed E-state index contributed by atoms with van der Waals surface area (Å²) in [6.07, 6.45) is 0.744. The quantitative estimate of drug-likeness (QED) is 0.723. The van der Waals surface area contributed by atoms with Gasteiger partial charge in [-0.1, -0.05) is 12.1 Å². The SMILES string of the molecule is N#Cc1cccc(-c2cc(=O)/c(=C(/O)CCC(=O)O)c3ncnn23)c1. The molecule has 0 aliphatic carbocycles. The number of fused-ring (bicyclic) bond motifs is 1. The van der Waals surface area contributed by atoms with Crippen LogP contribution in [0.1, 0.15) is 18.4 Å². The molecule has 0 aliphatic rings. The maximum atomic E-state index is 12.5. The largest absolute Gasteiger partial charge is 0.511 e. The monoisotopic (exact) mass is 336 g/mol. The lowest BCUT2D eigenvalue weighted by atomic mass is 10.1. The predicted octanol–water partition coefficient (Wildman–Crippen LogP) is 0.878. The van der Waals surface area contributed by atoms with Gasteiger partial charge in [0.2, 0.25) is 0 Å². The molecule has 3 aromatic rings. The molecule has 124 valence electrons. The van der Waals surface area contributed by atoms with E-state index in [1.165, 1.54) is 16.9 Å². The minimum Gasteiger partial charge on any atom is -0.511 e. The van der Waals surface area contributed by atoms with Crippen molar-refractivity contribution in [3.05, 3.63) is 57.7 Å². The Balaban J connectivity index is 2.26. The van der Waals surface area contributed by atoms with Crippen LogP contribution in [0.15, 0.2) is 41.5 Å². The Morgan fingerprint density at radius 2 is 2.04 bits per heavy atom. The van der Waals surface area contributed by atoms with Crippen molar-refractivity contribution < 1.29 is 15.0 Å². The molecule has 0 fully saturated rings. The molecule has 0 unspecified atom stereocenters. The predicted molar refractivity (Wildman–Crippen MR) is 87.5 cm³/mol. The zero-order valence-corrected chi connectivity index (χ0v) is 12.9. The van der Waals surface area contributed by atoms with E-state index in [0.717, 1.165) is 0 Å². The number of hydrogen-bond acceptors (Lipinski definition) is 6. The summed E-state index contributed by atoms with van der Waals surface area (Å²) >= 11 is 0. The molecule has 8 heteroatoms. The maximum Gasteiger partial charge on any atom is 0.303 e. The standard InChI is InChI=1S/C17H12N4O4/c18-8-10-2-1-3-11(6-10)12-7-14(23)16(13(22)4-5-15(24)25)17-19-9-20-21(12)17/h1-3,6-7,9,22H,4-5H2,(H,24,25)/b16-13-. The maximum absolute atomic E-state index is 12.5. The molecule has 0 aliphatic heterocycles. The lowest BCUT2D eigenvalue weighted by Crippen LogP contribution is -2.30. The molecular formula is C17H12N4O4. The third kappa shape index (κ3) is 3.03. The van der Waals surface area contributed by atoms with E-state index in [0.29, 0.717) is 16.8 Å². The second-order valence-corrected chi connectivity index (χ2v) is 5.30. The van der Waals surface area contributed by atoms with Gasteiger partial charge in [0.25, 0.3) is 0 Å². The highest BCUT2D eigenvalue weighted by Gasteiger charge is 2.14. The van der Waals surface area contributed by atoms with Gasteiger partial charge in [-0.2, -0.15) is 10.4 Å². The zero-order valence-electron chi connectivity index (χ0n) is 12.9. The molecular weight excluding hydrogens is 324 g/mol. The molecule has 0 amide bonds. The topological polar surface area (TPSA) is 129 Å². The van der Waals surface area contributed by atoms with Crippen molar-refractivity contribution in [1.82, 2.24) is 14.6 Å². The van der Waals surface area contributed by atoms with Crippen LogP contribution in [-0.4, -0.2) is 30.8 Å². The van der Waals surface area contributed by atoms with Crippen LogP contribution in [-0.2, 0) is 4.79 Å². The van der Waals surface area contributed by atoms with Crippen LogP contribution in [0.4, 0.5) is 0 Å². The van der Waals surface area contributed by atoms with Gasteiger partial charge in [0.15, 0.2) is 11.1 Å². The summed E-state index contributed by atoms with van der Waals surface area (Å²) < 4.78 is 1.38. The van der Waals surface area contributed by atoms with Gasteiger partial charge < -0.3 is 10.2 Å². The van der Waals surface area contributed by atoms with Gasteiger partial charge in [-0.3, -0.25) is 9.59 Å². The van der Waals surface area contributed by atoms with E-state index in [2.05, 4.69) is 10.1 Å². The molecule has 0 saturated carbocycles. The minimum atomic E-state index is -1.08. The fraction of sp³-hybridized carbons (Fsp3) is 0.118. The van der Waals surface area contributed by atoms with E-state index in [1.807, 2.05) is 6.07 Å². The molecule has 25 heavy (non-hydrogen) atoms. The van der Waals surface area contributed by atoms with Gasteiger partial charge in [0.1, 0.15) is 17.3 Å². The van der Waals surface area contributed by atoms with Gasteiger partial charge in [-0.25, -0.2) is 9.50 Å². The first-order chi connectivity index (χ1) is 12.0. The van der Waals surface area contributed by atoms with Crippen molar-refractivity contribution in [3.63, 3.8) is 0 Å². The summed E-state index contributed by atoms with van der Waals surface area (Å²) in [6, 6.07) is 9.98. The molecule has 2 heterocycles. The highest BCUT2D eigenvalue weighted by Crippen LogP contribution is 2.18. The Kier molecular flexibility index (Phi) is 4.14. The Morgan fingerprint density at radius 3 is 2.76 bits per heavy atom. The van der Waals surface area contributed by atoms with Crippen LogP contribution in [0, 0.1) is 11.3 Å². The summed E-state index contributed by atoms with van der Waals surface area (Å²) in [5.74, 6) is -1.43. The molecule has 0 radical (unpaired) electrons. The first kappa shape index (κ1) is 16.1. The molecule has 1 aromatic carbocycles. The van der Waals surface area contributed by atoms with Crippen LogP contribution in [0.3, 0.4) is 0 Å². The molecule has 2 aromatic heterocycles. The number of nitrogens with zero attached hydrogens (tertiary/aromatic N) is 4. The smallest absolute Gasteiger partial charge is 0.303 e. The number of aromatic nitrogens is 3. The number of hydrogen-bond donors (Lipinski definition) is 2. The van der Waals surface area contributed by atoms with E-state index in [4.69, 9.17) is 10.4 Å². The first-order valence-corrected chi connectivity index (χ1v) is 7.32. The lowest BCUT2D eigenvalue weighted by Gasteiger charge is -2.06. The Morgan fingerprint density at radius 1 is 1.24 bits per heavy atom. The third-order valence-corrected chi connectivity index (χ3v) is 3.67. The summed E-state index contributed by atoms with van der Waals surface area (Å²) in [5.41, 5.74) is 1.08.